The molecule has 150 valence electrons. The summed E-state index contributed by atoms with van der Waals surface area (Å²) < 4.78 is 5.87. The van der Waals surface area contributed by atoms with Gasteiger partial charge in [0.15, 0.2) is 0 Å². The lowest BCUT2D eigenvalue weighted by molar-refractivity contribution is 0.179. The van der Waals surface area contributed by atoms with Gasteiger partial charge in [-0.25, -0.2) is 0 Å². The first-order valence-corrected chi connectivity index (χ1v) is 10.9. The number of rotatable bonds is 8. The summed E-state index contributed by atoms with van der Waals surface area (Å²) in [6.07, 6.45) is 4.88. The van der Waals surface area contributed by atoms with E-state index >= 15 is 0 Å². The molecule has 1 fully saturated rings. The zero-order chi connectivity index (χ0) is 19.5. The van der Waals surface area contributed by atoms with Gasteiger partial charge in [0, 0.05) is 25.0 Å². The second-order valence-corrected chi connectivity index (χ2v) is 8.81. The van der Waals surface area contributed by atoms with Crippen LogP contribution in [0.3, 0.4) is 0 Å². The zero-order valence-corrected chi connectivity index (χ0v) is 17.3. The van der Waals surface area contributed by atoms with Gasteiger partial charge in [-0.05, 0) is 73.4 Å². The third-order valence-electron chi connectivity index (χ3n) is 6.74. The third-order valence-corrected chi connectivity index (χ3v) is 6.74. The number of hydrogen-bond acceptors (Lipinski definition) is 3. The molecule has 2 aliphatic rings. The molecule has 0 aromatic heterocycles. The van der Waals surface area contributed by atoms with Crippen LogP contribution >= 0.6 is 0 Å². The minimum atomic E-state index is 0.506. The predicted octanol–water partition coefficient (Wildman–Crippen LogP) is 4.25. The third kappa shape index (κ3) is 4.42. The van der Waals surface area contributed by atoms with Crippen LogP contribution in [0.1, 0.15) is 42.4 Å². The molecule has 4 rings (SSSR count). The van der Waals surface area contributed by atoms with Crippen molar-refractivity contribution in [3.8, 4) is 5.75 Å². The van der Waals surface area contributed by atoms with Gasteiger partial charge in [0.2, 0.25) is 0 Å². The van der Waals surface area contributed by atoms with E-state index in [1.54, 1.807) is 0 Å². The second kappa shape index (κ2) is 8.67. The van der Waals surface area contributed by atoms with Crippen LogP contribution in [0.15, 0.2) is 48.5 Å². The van der Waals surface area contributed by atoms with Crippen molar-refractivity contribution in [3.05, 3.63) is 65.2 Å². The summed E-state index contributed by atoms with van der Waals surface area (Å²) in [4.78, 5) is 2.65. The summed E-state index contributed by atoms with van der Waals surface area (Å²) in [6.45, 7) is 4.74. The summed E-state index contributed by atoms with van der Waals surface area (Å²) in [5.74, 6) is 3.26. The number of hydrogen-bond donors (Lipinski definition) is 1. The number of ether oxygens (including phenoxy) is 1. The molecule has 0 aliphatic heterocycles. The van der Waals surface area contributed by atoms with Crippen LogP contribution in [0.4, 0.5) is 0 Å². The van der Waals surface area contributed by atoms with E-state index in [9.17, 15) is 0 Å². The number of fused-ring (bicyclic) bond motifs is 1. The fourth-order valence-corrected chi connectivity index (χ4v) is 4.92. The van der Waals surface area contributed by atoms with Gasteiger partial charge in [0.1, 0.15) is 12.4 Å². The first-order chi connectivity index (χ1) is 13.7. The normalized spacial score (nSPS) is 26.1. The molecule has 2 aliphatic carbocycles. The van der Waals surface area contributed by atoms with E-state index in [1.807, 2.05) is 0 Å². The minimum absolute atomic E-state index is 0.506. The van der Waals surface area contributed by atoms with E-state index in [-0.39, 0.29) is 0 Å². The van der Waals surface area contributed by atoms with E-state index in [4.69, 9.17) is 10.5 Å². The van der Waals surface area contributed by atoms with Gasteiger partial charge in [-0.3, -0.25) is 0 Å². The Morgan fingerprint density at radius 1 is 1.14 bits per heavy atom. The van der Waals surface area contributed by atoms with Crippen molar-refractivity contribution in [2.45, 2.75) is 44.6 Å². The molecule has 28 heavy (non-hydrogen) atoms. The fraction of sp³-hybridized carbons (Fsp3) is 0.520. The molecule has 1 saturated carbocycles. The maximum Gasteiger partial charge on any atom is 0.119 e. The molecule has 3 heteroatoms. The summed E-state index contributed by atoms with van der Waals surface area (Å²) in [5, 5.41) is 0. The fourth-order valence-electron chi connectivity index (χ4n) is 4.92. The summed E-state index contributed by atoms with van der Waals surface area (Å²) >= 11 is 0. The van der Waals surface area contributed by atoms with Gasteiger partial charge < -0.3 is 15.4 Å². The molecule has 0 bridgehead atoms. The van der Waals surface area contributed by atoms with Gasteiger partial charge in [0.05, 0.1) is 0 Å². The molecule has 2 aromatic rings. The van der Waals surface area contributed by atoms with Crippen molar-refractivity contribution in [3.63, 3.8) is 0 Å². The van der Waals surface area contributed by atoms with Gasteiger partial charge in [0.25, 0.3) is 0 Å². The lowest BCUT2D eigenvalue weighted by atomic mass is 9.75. The minimum Gasteiger partial charge on any atom is -0.492 e. The molecule has 0 amide bonds. The van der Waals surface area contributed by atoms with E-state index in [0.717, 1.165) is 30.4 Å². The Kier molecular flexibility index (Phi) is 6.03. The number of nitrogens with zero attached hydrogens (tertiary/aromatic N) is 1. The smallest absolute Gasteiger partial charge is 0.119 e. The molecule has 0 heterocycles. The van der Waals surface area contributed by atoms with Crippen LogP contribution in [-0.4, -0.2) is 37.7 Å². The van der Waals surface area contributed by atoms with Gasteiger partial charge in [-0.2, -0.15) is 0 Å². The molecule has 3 nitrogen and oxygen atoms in total. The predicted molar refractivity (Wildman–Crippen MR) is 116 cm³/mol. The Bertz CT molecular complexity index is 775. The quantitative estimate of drug-likeness (QED) is 0.746. The Labute approximate surface area is 169 Å². The zero-order valence-electron chi connectivity index (χ0n) is 17.3. The Hall–Kier alpha value is -1.84. The Morgan fingerprint density at radius 3 is 2.64 bits per heavy atom. The van der Waals surface area contributed by atoms with E-state index in [1.165, 1.54) is 36.1 Å². The SMILES string of the molecule is CC1CC1CN(C)C1CCc2ccc(OCCN)cc2C1Cc1ccccc1. The maximum absolute atomic E-state index is 5.87. The molecular weight excluding hydrogens is 344 g/mol. The lowest BCUT2D eigenvalue weighted by Crippen LogP contribution is -2.41. The first-order valence-electron chi connectivity index (χ1n) is 10.9. The van der Waals surface area contributed by atoms with Crippen molar-refractivity contribution < 1.29 is 4.74 Å². The van der Waals surface area contributed by atoms with E-state index in [0.29, 0.717) is 25.1 Å². The summed E-state index contributed by atoms with van der Waals surface area (Å²) in [6, 6.07) is 18.2. The molecule has 4 atom stereocenters. The monoisotopic (exact) mass is 378 g/mol. The van der Waals surface area contributed by atoms with Crippen LogP contribution in [0.5, 0.6) is 5.75 Å². The number of aryl methyl sites for hydroxylation is 1. The van der Waals surface area contributed by atoms with Gasteiger partial charge in [-0.1, -0.05) is 43.3 Å². The highest BCUT2D eigenvalue weighted by molar-refractivity contribution is 5.42. The average Bonchev–Trinajstić information content (AvgIpc) is 3.41. The van der Waals surface area contributed by atoms with Gasteiger partial charge in [-0.15, -0.1) is 0 Å². The van der Waals surface area contributed by atoms with E-state index < -0.39 is 0 Å². The molecular formula is C25H34N2O. The van der Waals surface area contributed by atoms with Crippen LogP contribution in [0.25, 0.3) is 0 Å². The second-order valence-electron chi connectivity index (χ2n) is 8.81. The average molecular weight is 379 g/mol. The molecule has 4 unspecified atom stereocenters. The first kappa shape index (κ1) is 19.5. The van der Waals surface area contributed by atoms with Crippen molar-refractivity contribution in [2.75, 3.05) is 26.7 Å². The number of likely N-dealkylation sites (N-methyl/N-ethyl adjacent to an activating group) is 1. The Morgan fingerprint density at radius 2 is 1.93 bits per heavy atom. The number of benzene rings is 2. The highest BCUT2D eigenvalue weighted by Crippen LogP contribution is 2.42. The van der Waals surface area contributed by atoms with Crippen molar-refractivity contribution in [2.24, 2.45) is 17.6 Å². The van der Waals surface area contributed by atoms with E-state index in [2.05, 4.69) is 67.4 Å². The van der Waals surface area contributed by atoms with Crippen molar-refractivity contribution >= 4 is 0 Å². The molecule has 0 spiro atoms. The van der Waals surface area contributed by atoms with Crippen LogP contribution in [-0.2, 0) is 12.8 Å². The molecule has 0 radical (unpaired) electrons. The van der Waals surface area contributed by atoms with Crippen LogP contribution < -0.4 is 10.5 Å². The van der Waals surface area contributed by atoms with Crippen LogP contribution in [0.2, 0.25) is 0 Å². The highest BCUT2D eigenvalue weighted by Gasteiger charge is 2.38. The number of nitrogens with two attached hydrogens (primary N) is 1. The molecule has 2 aromatic carbocycles. The Balaban J connectivity index is 1.61. The summed E-state index contributed by atoms with van der Waals surface area (Å²) in [5.41, 5.74) is 10.0. The molecule has 0 saturated heterocycles. The summed E-state index contributed by atoms with van der Waals surface area (Å²) in [7, 11) is 2.34. The lowest BCUT2D eigenvalue weighted by Gasteiger charge is -2.40. The molecule has 2 N–H and O–H groups in total. The standard InChI is InChI=1S/C25H34N2O/c1-18-14-21(18)17-27(2)25-11-9-20-8-10-22(28-13-12-26)16-23(20)24(25)15-19-6-4-3-5-7-19/h3-8,10,16,18,21,24-25H,9,11-15,17,26H2,1-2H3. The highest BCUT2D eigenvalue weighted by atomic mass is 16.5. The van der Waals surface area contributed by atoms with Gasteiger partial charge >= 0.3 is 0 Å². The topological polar surface area (TPSA) is 38.5 Å². The van der Waals surface area contributed by atoms with Crippen molar-refractivity contribution in [1.29, 1.82) is 0 Å². The van der Waals surface area contributed by atoms with Crippen molar-refractivity contribution in [1.82, 2.24) is 4.90 Å². The largest absolute Gasteiger partial charge is 0.492 e. The maximum atomic E-state index is 5.87. The van der Waals surface area contributed by atoms with Crippen LogP contribution in [0, 0.1) is 11.8 Å².